The molecule has 0 amide bonds. The van der Waals surface area contributed by atoms with Crippen molar-refractivity contribution in [3.8, 4) is 0 Å². The first-order valence-electron chi connectivity index (χ1n) is 6.88. The van der Waals surface area contributed by atoms with Gasteiger partial charge in [0.25, 0.3) is 0 Å². The van der Waals surface area contributed by atoms with Crippen molar-refractivity contribution in [2.45, 2.75) is 4.90 Å². The van der Waals surface area contributed by atoms with Crippen molar-refractivity contribution in [2.75, 3.05) is 32.5 Å². The summed E-state index contributed by atoms with van der Waals surface area (Å²) in [6.45, 7) is -0.392. The first-order valence-corrected chi connectivity index (χ1v) is 9.19. The molecule has 1 aliphatic heterocycles. The van der Waals surface area contributed by atoms with Gasteiger partial charge in [-0.2, -0.15) is 0 Å². The van der Waals surface area contributed by atoms with E-state index in [1.54, 1.807) is 0 Å². The lowest BCUT2D eigenvalue weighted by Crippen LogP contribution is -2.39. The number of nitrogens with zero attached hydrogens (tertiary/aromatic N) is 1. The van der Waals surface area contributed by atoms with Crippen LogP contribution < -0.4 is 10.0 Å². The molecule has 1 aromatic rings. The smallest absolute Gasteiger partial charge is 0.355 e. The largest absolute Gasteiger partial charge is 0.466 e. The highest BCUT2D eigenvalue weighted by molar-refractivity contribution is 7.89. The molecule has 0 aromatic heterocycles. The molecule has 1 heterocycles. The molecule has 0 radical (unpaired) electrons. The molecule has 0 unspecified atom stereocenters. The molecule has 2 rings (SSSR count). The van der Waals surface area contributed by atoms with Crippen molar-refractivity contribution in [1.29, 1.82) is 0 Å². The lowest BCUT2D eigenvalue weighted by Gasteiger charge is -2.32. The van der Waals surface area contributed by atoms with Crippen LogP contribution in [-0.2, 0) is 33.8 Å². The average Bonchev–Trinajstić information content (AvgIpc) is 2.58. The Morgan fingerprint density at radius 2 is 1.69 bits per heavy atom. The van der Waals surface area contributed by atoms with Crippen molar-refractivity contribution in [3.63, 3.8) is 0 Å². The van der Waals surface area contributed by atoms with Crippen molar-refractivity contribution in [1.82, 2.24) is 0 Å². The minimum Gasteiger partial charge on any atom is -0.466 e. The number of methoxy groups -OCH3 is 2. The van der Waals surface area contributed by atoms with E-state index in [4.69, 9.17) is 37.8 Å². The van der Waals surface area contributed by atoms with Crippen LogP contribution in [0.5, 0.6) is 0 Å². The van der Waals surface area contributed by atoms with Crippen LogP contribution in [0.4, 0.5) is 5.69 Å². The predicted molar refractivity (Wildman–Crippen MR) is 92.2 cm³/mol. The SMILES string of the molecule is COC(=O)C1=C(C(=O)OC)N(c2c(Cl)cc(S(N)(=O)=O)cc2Cl)COC1. The maximum atomic E-state index is 12.2. The predicted octanol–water partition coefficient (Wildman–Crippen LogP) is 1.03. The number of rotatable bonds is 4. The van der Waals surface area contributed by atoms with Gasteiger partial charge in [0, 0.05) is 0 Å². The van der Waals surface area contributed by atoms with Gasteiger partial charge < -0.3 is 19.1 Å². The second-order valence-corrected chi connectivity index (χ2v) is 7.37. The number of anilines is 1. The summed E-state index contributed by atoms with van der Waals surface area (Å²) in [6.07, 6.45) is 0. The van der Waals surface area contributed by atoms with Gasteiger partial charge in [-0.3, -0.25) is 0 Å². The van der Waals surface area contributed by atoms with Gasteiger partial charge in [0.2, 0.25) is 10.0 Å². The fraction of sp³-hybridized carbons (Fsp3) is 0.286. The second kappa shape index (κ2) is 7.80. The van der Waals surface area contributed by atoms with E-state index in [1.165, 1.54) is 4.90 Å². The number of benzene rings is 1. The zero-order valence-electron chi connectivity index (χ0n) is 13.6. The zero-order valence-corrected chi connectivity index (χ0v) is 15.9. The Kier molecular flexibility index (Phi) is 6.14. The van der Waals surface area contributed by atoms with E-state index in [2.05, 4.69) is 4.74 Å². The number of esters is 2. The molecule has 0 atom stereocenters. The maximum Gasteiger partial charge on any atom is 0.355 e. The van der Waals surface area contributed by atoms with Crippen LogP contribution in [0.3, 0.4) is 0 Å². The molecule has 0 fully saturated rings. The quantitative estimate of drug-likeness (QED) is 0.710. The summed E-state index contributed by atoms with van der Waals surface area (Å²) >= 11 is 12.3. The van der Waals surface area contributed by atoms with Crippen molar-refractivity contribution >= 4 is 50.9 Å². The Morgan fingerprint density at radius 3 is 2.15 bits per heavy atom. The molecule has 0 bridgehead atoms. The third kappa shape index (κ3) is 3.94. The first kappa shape index (κ1) is 20.5. The van der Waals surface area contributed by atoms with Crippen molar-refractivity contribution in [3.05, 3.63) is 33.4 Å². The number of carbonyl (C=O) groups excluding carboxylic acids is 2. The van der Waals surface area contributed by atoms with Gasteiger partial charge in [0.15, 0.2) is 0 Å². The zero-order chi connectivity index (χ0) is 19.6. The fourth-order valence-corrected chi connectivity index (χ4v) is 3.67. The van der Waals surface area contributed by atoms with Crippen LogP contribution in [-0.4, -0.2) is 47.9 Å². The van der Waals surface area contributed by atoms with Crippen LogP contribution in [0, 0.1) is 0 Å². The summed E-state index contributed by atoms with van der Waals surface area (Å²) in [5, 5.41) is 4.82. The Labute approximate surface area is 159 Å². The van der Waals surface area contributed by atoms with Gasteiger partial charge in [0.1, 0.15) is 12.4 Å². The third-order valence-corrected chi connectivity index (χ3v) is 4.89. The van der Waals surface area contributed by atoms with E-state index in [-0.39, 0.29) is 45.2 Å². The average molecular weight is 425 g/mol. The summed E-state index contributed by atoms with van der Waals surface area (Å²) in [6, 6.07) is 2.14. The first-order chi connectivity index (χ1) is 12.1. The molecule has 1 aliphatic rings. The number of ether oxygens (including phenoxy) is 3. The van der Waals surface area contributed by atoms with Crippen LogP contribution in [0.2, 0.25) is 10.0 Å². The summed E-state index contributed by atoms with van der Waals surface area (Å²) < 4.78 is 37.7. The summed E-state index contributed by atoms with van der Waals surface area (Å²) in [4.78, 5) is 25.1. The molecule has 26 heavy (non-hydrogen) atoms. The topological polar surface area (TPSA) is 125 Å². The van der Waals surface area contributed by atoms with E-state index >= 15 is 0 Å². The molecule has 2 N–H and O–H groups in total. The molecule has 9 nitrogen and oxygen atoms in total. The lowest BCUT2D eigenvalue weighted by atomic mass is 10.1. The maximum absolute atomic E-state index is 12.2. The number of hydrogen-bond donors (Lipinski definition) is 1. The van der Waals surface area contributed by atoms with Gasteiger partial charge in [-0.05, 0) is 12.1 Å². The number of hydrogen-bond acceptors (Lipinski definition) is 8. The van der Waals surface area contributed by atoms with E-state index in [9.17, 15) is 18.0 Å². The van der Waals surface area contributed by atoms with Crippen molar-refractivity contribution in [2.24, 2.45) is 5.14 Å². The highest BCUT2D eigenvalue weighted by Crippen LogP contribution is 2.39. The van der Waals surface area contributed by atoms with Gasteiger partial charge in [-0.1, -0.05) is 23.2 Å². The molecule has 0 aliphatic carbocycles. The lowest BCUT2D eigenvalue weighted by molar-refractivity contribution is -0.140. The Balaban J connectivity index is 2.69. The van der Waals surface area contributed by atoms with Crippen LogP contribution >= 0.6 is 23.2 Å². The summed E-state index contributed by atoms with van der Waals surface area (Å²) in [5.41, 5.74) is -0.242. The Morgan fingerprint density at radius 1 is 1.15 bits per heavy atom. The van der Waals surface area contributed by atoms with Gasteiger partial charge in [0.05, 0.1) is 47.0 Å². The Bertz CT molecular complexity index is 876. The van der Waals surface area contributed by atoms with Gasteiger partial charge >= 0.3 is 11.9 Å². The van der Waals surface area contributed by atoms with Crippen molar-refractivity contribution < 1.29 is 32.2 Å². The normalized spacial score (nSPS) is 15.0. The fourth-order valence-electron chi connectivity index (χ4n) is 2.28. The van der Waals surface area contributed by atoms with E-state index in [0.29, 0.717) is 0 Å². The molecule has 0 spiro atoms. The molecule has 1 aromatic carbocycles. The van der Waals surface area contributed by atoms with E-state index in [1.807, 2.05) is 0 Å². The number of sulfonamides is 1. The van der Waals surface area contributed by atoms with Gasteiger partial charge in [-0.25, -0.2) is 23.1 Å². The summed E-state index contributed by atoms with van der Waals surface area (Å²) in [5.74, 6) is -1.65. The second-order valence-electron chi connectivity index (χ2n) is 5.00. The summed E-state index contributed by atoms with van der Waals surface area (Å²) in [7, 11) is -1.78. The Hall–Kier alpha value is -1.85. The molecule has 0 saturated carbocycles. The van der Waals surface area contributed by atoms with Crippen LogP contribution in [0.25, 0.3) is 0 Å². The monoisotopic (exact) mass is 424 g/mol. The molecule has 0 saturated heterocycles. The molecular formula is C14H14Cl2N2O7S. The number of carbonyl (C=O) groups is 2. The highest BCUT2D eigenvalue weighted by Gasteiger charge is 2.34. The number of nitrogens with two attached hydrogens (primary N) is 1. The standard InChI is InChI=1S/C14H14Cl2N2O7S/c1-23-13(19)8-5-25-6-18(11(8)14(20)24-2)12-9(15)3-7(4-10(12)16)26(17,21)22/h3-4H,5-6H2,1-2H3,(H2,17,21,22). The highest BCUT2D eigenvalue weighted by atomic mass is 35.5. The number of primary sulfonamides is 1. The van der Waals surface area contributed by atoms with Crippen LogP contribution in [0.15, 0.2) is 28.3 Å². The molecular weight excluding hydrogens is 411 g/mol. The van der Waals surface area contributed by atoms with Gasteiger partial charge in [-0.15, -0.1) is 0 Å². The van der Waals surface area contributed by atoms with E-state index in [0.717, 1.165) is 26.4 Å². The minimum absolute atomic E-state index is 0.0437. The molecule has 142 valence electrons. The molecule has 12 heteroatoms. The minimum atomic E-state index is -4.05. The number of halogens is 2. The van der Waals surface area contributed by atoms with Crippen LogP contribution in [0.1, 0.15) is 0 Å². The van der Waals surface area contributed by atoms with E-state index < -0.39 is 22.0 Å². The third-order valence-electron chi connectivity index (χ3n) is 3.42.